The molecule has 0 spiro atoms. The van der Waals surface area contributed by atoms with Crippen LogP contribution < -0.4 is 5.73 Å². The lowest BCUT2D eigenvalue weighted by Gasteiger charge is -2.06. The zero-order chi connectivity index (χ0) is 15.5. The highest BCUT2D eigenvalue weighted by molar-refractivity contribution is 9.10. The lowest BCUT2D eigenvalue weighted by Crippen LogP contribution is -2.10. The zero-order valence-electron chi connectivity index (χ0n) is 11.9. The fourth-order valence-corrected chi connectivity index (χ4v) is 2.96. The molecule has 0 aliphatic heterocycles. The Morgan fingerprint density at radius 2 is 1.64 bits per heavy atom. The molecule has 0 aromatic heterocycles. The van der Waals surface area contributed by atoms with Gasteiger partial charge in [-0.1, -0.05) is 70.5 Å². The Hall–Kier alpha value is -2.39. The third-order valence-electron chi connectivity index (χ3n) is 3.50. The maximum absolute atomic E-state index is 7.54. The Morgan fingerprint density at radius 1 is 0.909 bits per heavy atom. The van der Waals surface area contributed by atoms with Gasteiger partial charge in [-0.3, -0.25) is 5.41 Å². The predicted molar refractivity (Wildman–Crippen MR) is 98.0 cm³/mol. The maximum Gasteiger partial charge on any atom is 0.122 e. The molecule has 0 heterocycles. The molecule has 3 N–H and O–H groups in total. The van der Waals surface area contributed by atoms with Crippen LogP contribution in [0.25, 0.3) is 22.9 Å². The summed E-state index contributed by atoms with van der Waals surface area (Å²) in [6.45, 7) is 0. The number of rotatable bonds is 3. The molecular weight excluding hydrogens is 336 g/mol. The van der Waals surface area contributed by atoms with E-state index in [2.05, 4.69) is 52.3 Å². The summed E-state index contributed by atoms with van der Waals surface area (Å²) in [4.78, 5) is 0. The van der Waals surface area contributed by atoms with Crippen molar-refractivity contribution in [3.8, 4) is 0 Å². The van der Waals surface area contributed by atoms with E-state index in [0.29, 0.717) is 0 Å². The average molecular weight is 351 g/mol. The fraction of sp³-hybridized carbons (Fsp3) is 0. The van der Waals surface area contributed by atoms with Gasteiger partial charge in [-0.05, 0) is 40.1 Å². The van der Waals surface area contributed by atoms with Gasteiger partial charge in [0.2, 0.25) is 0 Å². The number of nitrogen functional groups attached to an aromatic ring is 1. The van der Waals surface area contributed by atoms with Crippen molar-refractivity contribution in [3.05, 3.63) is 81.8 Å². The van der Waals surface area contributed by atoms with Crippen LogP contribution in [0.15, 0.2) is 65.1 Å². The predicted octanol–water partition coefficient (Wildman–Crippen LogP) is 5.06. The van der Waals surface area contributed by atoms with Crippen molar-refractivity contribution in [2.24, 2.45) is 5.73 Å². The van der Waals surface area contributed by atoms with Crippen molar-refractivity contribution < 1.29 is 0 Å². The molecule has 3 heteroatoms. The molecule has 0 aliphatic rings. The second-order valence-corrected chi connectivity index (χ2v) is 5.95. The Balaban J connectivity index is 2.01. The Morgan fingerprint density at radius 3 is 2.36 bits per heavy atom. The Kier molecular flexibility index (Phi) is 4.07. The van der Waals surface area contributed by atoms with E-state index in [4.69, 9.17) is 11.1 Å². The Bertz CT molecular complexity index is 867. The van der Waals surface area contributed by atoms with Crippen LogP contribution >= 0.6 is 15.9 Å². The van der Waals surface area contributed by atoms with Gasteiger partial charge < -0.3 is 5.73 Å². The van der Waals surface area contributed by atoms with E-state index in [1.165, 1.54) is 5.56 Å². The molecule has 2 nitrogen and oxygen atoms in total. The summed E-state index contributed by atoms with van der Waals surface area (Å²) in [5.74, 6) is 0.0850. The van der Waals surface area contributed by atoms with Gasteiger partial charge in [-0.2, -0.15) is 0 Å². The Labute approximate surface area is 137 Å². The molecule has 0 saturated carbocycles. The van der Waals surface area contributed by atoms with Crippen LogP contribution in [0.3, 0.4) is 0 Å². The number of benzene rings is 3. The van der Waals surface area contributed by atoms with E-state index in [9.17, 15) is 0 Å². The molecule has 3 rings (SSSR count). The zero-order valence-corrected chi connectivity index (χ0v) is 13.5. The van der Waals surface area contributed by atoms with Gasteiger partial charge in [0.1, 0.15) is 5.84 Å². The highest BCUT2D eigenvalue weighted by atomic mass is 79.9. The number of nitrogens with two attached hydrogens (primary N) is 1. The van der Waals surface area contributed by atoms with Crippen LogP contribution in [-0.4, -0.2) is 5.84 Å². The molecule has 0 radical (unpaired) electrons. The van der Waals surface area contributed by atoms with E-state index >= 15 is 0 Å². The topological polar surface area (TPSA) is 49.9 Å². The molecule has 0 aliphatic carbocycles. The van der Waals surface area contributed by atoms with Crippen molar-refractivity contribution in [3.63, 3.8) is 0 Å². The normalized spacial score (nSPS) is 11.1. The number of amidine groups is 1. The summed E-state index contributed by atoms with van der Waals surface area (Å²) in [6, 6.07) is 20.2. The third-order valence-corrected chi connectivity index (χ3v) is 4.16. The standard InChI is InChI=1S/C19H15BrN2/c20-18-11-14(7-6-13-4-2-1-3-5-13)10-15-8-9-16(19(21)22)12-17(15)18/h1-12H,(H3,21,22). The second kappa shape index (κ2) is 6.16. The highest BCUT2D eigenvalue weighted by Crippen LogP contribution is 2.27. The average Bonchev–Trinajstić information content (AvgIpc) is 2.53. The lowest BCUT2D eigenvalue weighted by atomic mass is 10.0. The first-order valence-electron chi connectivity index (χ1n) is 6.94. The minimum Gasteiger partial charge on any atom is -0.384 e. The molecule has 0 unspecified atom stereocenters. The number of hydrogen-bond acceptors (Lipinski definition) is 1. The van der Waals surface area contributed by atoms with Crippen LogP contribution in [-0.2, 0) is 0 Å². The monoisotopic (exact) mass is 350 g/mol. The van der Waals surface area contributed by atoms with Crippen LogP contribution in [0, 0.1) is 5.41 Å². The van der Waals surface area contributed by atoms with Gasteiger partial charge in [0.15, 0.2) is 0 Å². The molecule has 0 saturated heterocycles. The largest absolute Gasteiger partial charge is 0.384 e. The summed E-state index contributed by atoms with van der Waals surface area (Å²) in [6.07, 6.45) is 4.19. The van der Waals surface area contributed by atoms with Crippen molar-refractivity contribution in [2.45, 2.75) is 0 Å². The van der Waals surface area contributed by atoms with Crippen LogP contribution in [0.2, 0.25) is 0 Å². The summed E-state index contributed by atoms with van der Waals surface area (Å²) in [7, 11) is 0. The van der Waals surface area contributed by atoms with E-state index in [1.54, 1.807) is 0 Å². The number of hydrogen-bond donors (Lipinski definition) is 2. The molecule has 3 aromatic rings. The summed E-state index contributed by atoms with van der Waals surface area (Å²) in [5.41, 5.74) is 8.59. The molecule has 0 amide bonds. The fourth-order valence-electron chi connectivity index (χ4n) is 2.35. The summed E-state index contributed by atoms with van der Waals surface area (Å²) in [5, 5.41) is 9.71. The van der Waals surface area contributed by atoms with Gasteiger partial charge in [0, 0.05) is 10.0 Å². The van der Waals surface area contributed by atoms with Gasteiger partial charge in [-0.25, -0.2) is 0 Å². The van der Waals surface area contributed by atoms with Crippen LogP contribution in [0.4, 0.5) is 0 Å². The van der Waals surface area contributed by atoms with Crippen molar-refractivity contribution in [2.75, 3.05) is 0 Å². The van der Waals surface area contributed by atoms with Crippen molar-refractivity contribution >= 4 is 44.7 Å². The van der Waals surface area contributed by atoms with Gasteiger partial charge in [-0.15, -0.1) is 0 Å². The molecule has 0 bridgehead atoms. The van der Waals surface area contributed by atoms with E-state index < -0.39 is 0 Å². The van der Waals surface area contributed by atoms with E-state index in [1.807, 2.05) is 36.4 Å². The molecule has 3 aromatic carbocycles. The lowest BCUT2D eigenvalue weighted by molar-refractivity contribution is 1.43. The van der Waals surface area contributed by atoms with Crippen LogP contribution in [0.1, 0.15) is 16.7 Å². The minimum absolute atomic E-state index is 0.0850. The second-order valence-electron chi connectivity index (χ2n) is 5.10. The first-order valence-corrected chi connectivity index (χ1v) is 7.73. The maximum atomic E-state index is 7.54. The van der Waals surface area contributed by atoms with E-state index in [-0.39, 0.29) is 5.84 Å². The van der Waals surface area contributed by atoms with Crippen molar-refractivity contribution in [1.29, 1.82) is 5.41 Å². The van der Waals surface area contributed by atoms with Crippen LogP contribution in [0.5, 0.6) is 0 Å². The molecule has 108 valence electrons. The highest BCUT2D eigenvalue weighted by Gasteiger charge is 2.04. The molecule has 22 heavy (non-hydrogen) atoms. The molecule has 0 atom stereocenters. The van der Waals surface area contributed by atoms with Crippen molar-refractivity contribution in [1.82, 2.24) is 0 Å². The van der Waals surface area contributed by atoms with Gasteiger partial charge in [0.05, 0.1) is 0 Å². The SMILES string of the molecule is N=C(N)c1ccc2cc(C=Cc3ccccc3)cc(Br)c2c1. The quantitative estimate of drug-likeness (QED) is 0.387. The molecule has 0 fully saturated rings. The van der Waals surface area contributed by atoms with E-state index in [0.717, 1.165) is 26.4 Å². The summed E-state index contributed by atoms with van der Waals surface area (Å²) >= 11 is 3.61. The summed E-state index contributed by atoms with van der Waals surface area (Å²) < 4.78 is 1.00. The first kappa shape index (κ1) is 14.5. The number of nitrogens with one attached hydrogen (secondary N) is 1. The van der Waals surface area contributed by atoms with Gasteiger partial charge in [0.25, 0.3) is 0 Å². The number of fused-ring (bicyclic) bond motifs is 1. The number of halogens is 1. The smallest absolute Gasteiger partial charge is 0.122 e. The first-order chi connectivity index (χ1) is 10.6. The third kappa shape index (κ3) is 3.10. The molecular formula is C19H15BrN2. The van der Waals surface area contributed by atoms with Gasteiger partial charge >= 0.3 is 0 Å². The minimum atomic E-state index is 0.0850.